The molecule has 0 spiro atoms. The quantitative estimate of drug-likeness (QED) is 0.0470. The van der Waals surface area contributed by atoms with Gasteiger partial charge in [0.15, 0.2) is 0 Å². The van der Waals surface area contributed by atoms with Gasteiger partial charge in [-0.2, -0.15) is 0 Å². The van der Waals surface area contributed by atoms with Gasteiger partial charge in [-0.05, 0) is 138 Å². The molecule has 2 aromatic carbocycles. The first kappa shape index (κ1) is 49.6. The predicted molar refractivity (Wildman–Crippen MR) is 242 cm³/mol. The summed E-state index contributed by atoms with van der Waals surface area (Å²) in [5.74, 6) is -2.51. The summed E-state index contributed by atoms with van der Waals surface area (Å²) in [6, 6.07) is 7.93. The fraction of sp³-hybridized carbons (Fsp3) is 0.630. The van der Waals surface area contributed by atoms with Gasteiger partial charge in [-0.3, -0.25) is 24.0 Å². The Balaban J connectivity index is 1.16. The first-order chi connectivity index (χ1) is 29.8. The summed E-state index contributed by atoms with van der Waals surface area (Å²) in [5.41, 5.74) is 21.9. The highest BCUT2D eigenvalue weighted by molar-refractivity contribution is 6.47. The lowest BCUT2D eigenvalue weighted by molar-refractivity contribution is -0.199. The van der Waals surface area contributed by atoms with E-state index in [1.54, 1.807) is 6.07 Å². The Morgan fingerprint density at radius 1 is 0.810 bits per heavy atom. The van der Waals surface area contributed by atoms with Crippen LogP contribution in [0.15, 0.2) is 42.5 Å². The Morgan fingerprint density at radius 2 is 1.48 bits per heavy atom. The molecule has 4 fully saturated rings. The van der Waals surface area contributed by atoms with Crippen molar-refractivity contribution in [3.8, 4) is 11.1 Å². The molecule has 4 aliphatic rings. The molecule has 3 aliphatic carbocycles. The van der Waals surface area contributed by atoms with Gasteiger partial charge in [0, 0.05) is 5.56 Å². The lowest BCUT2D eigenvalue weighted by Gasteiger charge is -2.64. The number of nitrogens with one attached hydrogen (secondary N) is 5. The molecule has 16 nitrogen and oxygen atoms in total. The van der Waals surface area contributed by atoms with Crippen LogP contribution >= 0.6 is 0 Å². The van der Waals surface area contributed by atoms with Gasteiger partial charge < -0.3 is 58.2 Å². The van der Waals surface area contributed by atoms with Crippen LogP contribution < -0.4 is 43.8 Å². The SMILES string of the molecule is CCCCc1ccc(-c2ccc(C(=O)N[C@@H](CCN)C(=O)N[C@H](C(=O)N[C@@H](C)C(=O)N[C@@H](CCCCN)C(=O)N[C@@H](N)B3OC4C[C@@H]5C[C@@H](C5(C)C)[C@]4(C)O3)[C@@H](C)O)c(C)c2)cc1. The van der Waals surface area contributed by atoms with Gasteiger partial charge in [-0.25, -0.2) is 0 Å². The Morgan fingerprint density at radius 3 is 2.10 bits per heavy atom. The third-order valence-corrected chi connectivity index (χ3v) is 13.6. The third kappa shape index (κ3) is 11.7. The van der Waals surface area contributed by atoms with Gasteiger partial charge in [-0.1, -0.05) is 63.6 Å². The Kier molecular flexibility index (Phi) is 17.0. The van der Waals surface area contributed by atoms with Crippen molar-refractivity contribution >= 4 is 36.7 Å². The molecule has 3 saturated carbocycles. The zero-order valence-corrected chi connectivity index (χ0v) is 38.1. The van der Waals surface area contributed by atoms with Crippen molar-refractivity contribution < 1.29 is 38.4 Å². The van der Waals surface area contributed by atoms with Gasteiger partial charge in [0.25, 0.3) is 5.91 Å². The molecule has 10 atom stereocenters. The molecule has 12 N–H and O–H groups in total. The van der Waals surface area contributed by atoms with E-state index in [0.29, 0.717) is 42.3 Å². The second-order valence-corrected chi connectivity index (χ2v) is 18.6. The van der Waals surface area contributed by atoms with E-state index in [1.165, 1.54) is 19.4 Å². The Bertz CT molecular complexity index is 1930. The first-order valence-electron chi connectivity index (χ1n) is 22.7. The summed E-state index contributed by atoms with van der Waals surface area (Å²) < 4.78 is 12.7. The number of hydrogen-bond acceptors (Lipinski definition) is 11. The number of aliphatic hydroxyl groups excluding tert-OH is 1. The number of aliphatic hydroxyl groups is 1. The zero-order valence-electron chi connectivity index (χ0n) is 38.1. The number of amides is 5. The van der Waals surface area contributed by atoms with Gasteiger partial charge in [0.2, 0.25) is 23.6 Å². The second kappa shape index (κ2) is 21.5. The van der Waals surface area contributed by atoms with Crippen LogP contribution in [-0.4, -0.2) is 103 Å². The molecule has 2 aromatic rings. The third-order valence-electron chi connectivity index (χ3n) is 13.6. The summed E-state index contributed by atoms with van der Waals surface area (Å²) in [5, 5.41) is 23.9. The van der Waals surface area contributed by atoms with Crippen LogP contribution in [0.5, 0.6) is 0 Å². The zero-order chi connectivity index (χ0) is 46.2. The van der Waals surface area contributed by atoms with E-state index >= 15 is 0 Å². The number of aryl methyl sites for hydroxylation is 2. The fourth-order valence-electron chi connectivity index (χ4n) is 9.49. The average Bonchev–Trinajstić information content (AvgIpc) is 3.61. The topological polar surface area (TPSA) is 262 Å². The molecule has 1 aliphatic heterocycles. The highest BCUT2D eigenvalue weighted by Crippen LogP contribution is 2.65. The summed E-state index contributed by atoms with van der Waals surface area (Å²) in [7, 11) is -0.873. The lowest BCUT2D eigenvalue weighted by Crippen LogP contribution is -2.65. The van der Waals surface area contributed by atoms with Crippen molar-refractivity contribution in [1.82, 2.24) is 26.6 Å². The van der Waals surface area contributed by atoms with E-state index < -0.39 is 78.6 Å². The molecule has 346 valence electrons. The van der Waals surface area contributed by atoms with E-state index in [9.17, 15) is 29.1 Å². The molecule has 5 amide bonds. The average molecular weight is 875 g/mol. The predicted octanol–water partition coefficient (Wildman–Crippen LogP) is 2.10. The Hall–Kier alpha value is -4.39. The molecule has 6 rings (SSSR count). The minimum absolute atomic E-state index is 0.0397. The van der Waals surface area contributed by atoms with Gasteiger partial charge in [0.1, 0.15) is 30.2 Å². The first-order valence-corrected chi connectivity index (χ1v) is 22.7. The van der Waals surface area contributed by atoms with E-state index in [-0.39, 0.29) is 30.9 Å². The highest BCUT2D eigenvalue weighted by Gasteiger charge is 2.68. The normalized spacial score (nSPS) is 23.7. The van der Waals surface area contributed by atoms with E-state index in [4.69, 9.17) is 26.5 Å². The number of benzene rings is 2. The fourth-order valence-corrected chi connectivity index (χ4v) is 9.49. The van der Waals surface area contributed by atoms with Crippen molar-refractivity contribution in [2.75, 3.05) is 13.1 Å². The molecule has 63 heavy (non-hydrogen) atoms. The molecule has 1 saturated heterocycles. The maximum Gasteiger partial charge on any atom is 0.497 e. The van der Waals surface area contributed by atoms with Crippen LogP contribution in [0.3, 0.4) is 0 Å². The van der Waals surface area contributed by atoms with Crippen molar-refractivity contribution in [2.24, 2.45) is 34.5 Å². The van der Waals surface area contributed by atoms with Crippen LogP contribution in [0.2, 0.25) is 0 Å². The number of hydrogen-bond donors (Lipinski definition) is 9. The van der Waals surface area contributed by atoms with Crippen LogP contribution in [-0.2, 0) is 34.9 Å². The van der Waals surface area contributed by atoms with E-state index in [2.05, 4.69) is 78.5 Å². The lowest BCUT2D eigenvalue weighted by atomic mass is 9.43. The number of carbonyl (C=O) groups is 5. The molecule has 0 radical (unpaired) electrons. The Labute approximate surface area is 372 Å². The van der Waals surface area contributed by atoms with Crippen molar-refractivity contribution in [2.45, 2.75) is 154 Å². The monoisotopic (exact) mass is 875 g/mol. The smallest absolute Gasteiger partial charge is 0.403 e. The number of unbranched alkanes of at least 4 members (excludes halogenated alkanes) is 2. The molecule has 0 aromatic heterocycles. The van der Waals surface area contributed by atoms with Crippen molar-refractivity contribution in [3.05, 3.63) is 59.2 Å². The number of carbonyl (C=O) groups excluding carboxylic acids is 5. The van der Waals surface area contributed by atoms with E-state index in [0.717, 1.165) is 43.2 Å². The van der Waals surface area contributed by atoms with Crippen LogP contribution in [0.25, 0.3) is 11.1 Å². The van der Waals surface area contributed by atoms with Gasteiger partial charge in [-0.15, -0.1) is 0 Å². The van der Waals surface area contributed by atoms with Crippen molar-refractivity contribution in [1.29, 1.82) is 0 Å². The summed E-state index contributed by atoms with van der Waals surface area (Å²) >= 11 is 0. The standard InChI is InChI=1S/C46H71BN8O8/c1-8-9-12-29-14-16-30(17-15-29)31-18-19-33(26(2)23-31)40(58)53-35(20-22-49)41(59)54-38(28(4)56)43(61)51-27(3)39(57)52-34(13-10-11-21-48)42(60)55-44(50)47-62-37-25-32-24-36(45(32,5)6)46(37,7)63-47/h14-19,23,27-28,32,34-38,44,56H,8-13,20-22,24-25,48-50H2,1-7H3,(H,51,61)(H,52,57)(H,53,58)(H,54,59)(H,55,60)/t27-,28+,32-,34-,35-,36-,37?,38-,44+,46-/m0/s1. The second-order valence-electron chi connectivity index (χ2n) is 18.6. The molecule has 17 heteroatoms. The van der Waals surface area contributed by atoms with Gasteiger partial charge in [0.05, 0.1) is 17.8 Å². The molecule has 1 heterocycles. The summed E-state index contributed by atoms with van der Waals surface area (Å²) in [4.78, 5) is 67.8. The number of nitrogens with two attached hydrogens (primary N) is 3. The highest BCUT2D eigenvalue weighted by atomic mass is 16.7. The minimum Gasteiger partial charge on any atom is -0.403 e. The van der Waals surface area contributed by atoms with Gasteiger partial charge >= 0.3 is 7.12 Å². The van der Waals surface area contributed by atoms with E-state index in [1.807, 2.05) is 19.1 Å². The molecule has 1 unspecified atom stereocenters. The van der Waals surface area contributed by atoms with Crippen LogP contribution in [0.1, 0.15) is 114 Å². The maximum atomic E-state index is 13.6. The number of rotatable bonds is 22. The largest absolute Gasteiger partial charge is 0.497 e. The van der Waals surface area contributed by atoms with Crippen molar-refractivity contribution in [3.63, 3.8) is 0 Å². The summed E-state index contributed by atoms with van der Waals surface area (Å²) in [6.45, 7) is 13.7. The maximum absolute atomic E-state index is 13.6. The van der Waals surface area contributed by atoms with Crippen LogP contribution in [0.4, 0.5) is 0 Å². The molecular formula is C46H71BN8O8. The van der Waals surface area contributed by atoms with Crippen LogP contribution in [0, 0.1) is 24.2 Å². The minimum atomic E-state index is -1.51. The molecular weight excluding hydrogens is 803 g/mol. The molecule has 2 bridgehead atoms. The summed E-state index contributed by atoms with van der Waals surface area (Å²) in [6.07, 6.45) is 5.07.